The molecule has 2 heterocycles. The van der Waals surface area contributed by atoms with Crippen molar-refractivity contribution in [2.75, 3.05) is 46.6 Å². The lowest BCUT2D eigenvalue weighted by atomic mass is 9.82. The molecule has 2 N–H and O–H groups in total. The fourth-order valence-corrected chi connectivity index (χ4v) is 2.79. The Hall–Kier alpha value is -0.160. The van der Waals surface area contributed by atoms with E-state index in [1.54, 1.807) is 0 Å². The van der Waals surface area contributed by atoms with E-state index in [9.17, 15) is 0 Å². The van der Waals surface area contributed by atoms with Crippen LogP contribution in [0.1, 0.15) is 19.3 Å². The molecule has 0 radical (unpaired) electrons. The highest BCUT2D eigenvalue weighted by Crippen LogP contribution is 2.29. The first kappa shape index (κ1) is 12.3. The van der Waals surface area contributed by atoms with Gasteiger partial charge in [-0.05, 0) is 26.3 Å². The molecule has 0 aliphatic carbocycles. The summed E-state index contributed by atoms with van der Waals surface area (Å²) in [6, 6.07) is 0.574. The van der Waals surface area contributed by atoms with Crippen molar-refractivity contribution < 1.29 is 9.47 Å². The molecule has 4 nitrogen and oxygen atoms in total. The van der Waals surface area contributed by atoms with Crippen LogP contribution >= 0.6 is 0 Å². The summed E-state index contributed by atoms with van der Waals surface area (Å²) in [6.45, 7) is 5.26. The van der Waals surface area contributed by atoms with Crippen LogP contribution < -0.4 is 5.73 Å². The predicted octanol–water partition coefficient (Wildman–Crippen LogP) is 0.463. The highest BCUT2D eigenvalue weighted by molar-refractivity contribution is 4.87. The number of nitrogens with zero attached hydrogens (tertiary/aromatic N) is 1. The van der Waals surface area contributed by atoms with Crippen LogP contribution in [-0.2, 0) is 9.47 Å². The standard InChI is InChI=1S/C12H24N2O2/c1-14(11-3-6-15-7-11)9-12(8-13)4-2-5-16-10-12/h11H,2-10,13H2,1H3. The molecule has 94 valence electrons. The van der Waals surface area contributed by atoms with Crippen LogP contribution in [0.3, 0.4) is 0 Å². The Morgan fingerprint density at radius 2 is 2.25 bits per heavy atom. The minimum atomic E-state index is 0.176. The first-order valence-corrected chi connectivity index (χ1v) is 6.32. The second kappa shape index (κ2) is 5.45. The molecule has 0 saturated carbocycles. The first-order valence-electron chi connectivity index (χ1n) is 6.32. The maximum absolute atomic E-state index is 5.95. The predicted molar refractivity (Wildman–Crippen MR) is 63.4 cm³/mol. The van der Waals surface area contributed by atoms with Crippen LogP contribution in [0.4, 0.5) is 0 Å². The summed E-state index contributed by atoms with van der Waals surface area (Å²) >= 11 is 0. The molecule has 2 atom stereocenters. The van der Waals surface area contributed by atoms with Crippen molar-refractivity contribution in [1.29, 1.82) is 0 Å². The summed E-state index contributed by atoms with van der Waals surface area (Å²) in [4.78, 5) is 2.41. The van der Waals surface area contributed by atoms with E-state index in [0.717, 1.165) is 52.4 Å². The second-order valence-corrected chi connectivity index (χ2v) is 5.29. The van der Waals surface area contributed by atoms with E-state index >= 15 is 0 Å². The van der Waals surface area contributed by atoms with Crippen LogP contribution in [0, 0.1) is 5.41 Å². The number of likely N-dealkylation sites (N-methyl/N-ethyl adjacent to an activating group) is 1. The van der Waals surface area contributed by atoms with Crippen LogP contribution in [0.2, 0.25) is 0 Å². The van der Waals surface area contributed by atoms with Gasteiger partial charge in [-0.2, -0.15) is 0 Å². The molecule has 0 aromatic heterocycles. The zero-order chi connectivity index (χ0) is 11.4. The summed E-state index contributed by atoms with van der Waals surface area (Å²) in [6.07, 6.45) is 3.49. The van der Waals surface area contributed by atoms with Gasteiger partial charge in [0.05, 0.1) is 13.2 Å². The van der Waals surface area contributed by atoms with Gasteiger partial charge in [0, 0.05) is 37.8 Å². The van der Waals surface area contributed by atoms with Crippen LogP contribution in [0.15, 0.2) is 0 Å². The lowest BCUT2D eigenvalue weighted by Crippen LogP contribution is -2.49. The molecule has 16 heavy (non-hydrogen) atoms. The lowest BCUT2D eigenvalue weighted by Gasteiger charge is -2.40. The van der Waals surface area contributed by atoms with Gasteiger partial charge in [-0.3, -0.25) is 0 Å². The average Bonchev–Trinajstić information content (AvgIpc) is 2.84. The van der Waals surface area contributed by atoms with Gasteiger partial charge >= 0.3 is 0 Å². The van der Waals surface area contributed by atoms with E-state index in [4.69, 9.17) is 15.2 Å². The number of ether oxygens (including phenoxy) is 2. The molecule has 2 unspecified atom stereocenters. The summed E-state index contributed by atoms with van der Waals surface area (Å²) < 4.78 is 11.0. The molecular weight excluding hydrogens is 204 g/mol. The van der Waals surface area contributed by atoms with E-state index in [0.29, 0.717) is 6.04 Å². The van der Waals surface area contributed by atoms with Crippen molar-refractivity contribution in [3.63, 3.8) is 0 Å². The van der Waals surface area contributed by atoms with Crippen molar-refractivity contribution >= 4 is 0 Å². The molecule has 4 heteroatoms. The maximum Gasteiger partial charge on any atom is 0.0622 e. The Morgan fingerprint density at radius 3 is 2.81 bits per heavy atom. The van der Waals surface area contributed by atoms with Crippen molar-refractivity contribution in [1.82, 2.24) is 4.90 Å². The zero-order valence-corrected chi connectivity index (χ0v) is 10.3. The van der Waals surface area contributed by atoms with Crippen LogP contribution in [0.25, 0.3) is 0 Å². The molecule has 2 rings (SSSR count). The third kappa shape index (κ3) is 2.74. The molecule has 0 bridgehead atoms. The smallest absolute Gasteiger partial charge is 0.0622 e. The third-order valence-corrected chi connectivity index (χ3v) is 3.95. The Labute approximate surface area is 98.1 Å². The average molecular weight is 228 g/mol. The monoisotopic (exact) mass is 228 g/mol. The highest BCUT2D eigenvalue weighted by atomic mass is 16.5. The van der Waals surface area contributed by atoms with Crippen LogP contribution in [0.5, 0.6) is 0 Å². The largest absolute Gasteiger partial charge is 0.381 e. The minimum absolute atomic E-state index is 0.176. The van der Waals surface area contributed by atoms with Gasteiger partial charge in [-0.1, -0.05) is 0 Å². The maximum atomic E-state index is 5.95. The summed E-state index contributed by atoms with van der Waals surface area (Å²) in [5.74, 6) is 0. The molecule has 0 aromatic carbocycles. The number of hydrogen-bond donors (Lipinski definition) is 1. The summed E-state index contributed by atoms with van der Waals surface area (Å²) in [7, 11) is 2.19. The zero-order valence-electron chi connectivity index (χ0n) is 10.3. The Bertz CT molecular complexity index is 211. The Kier molecular flexibility index (Phi) is 4.19. The first-order chi connectivity index (χ1) is 7.76. The highest BCUT2D eigenvalue weighted by Gasteiger charge is 2.34. The van der Waals surface area contributed by atoms with E-state index in [1.807, 2.05) is 0 Å². The van der Waals surface area contributed by atoms with Crippen molar-refractivity contribution in [2.24, 2.45) is 11.1 Å². The Morgan fingerprint density at radius 1 is 1.38 bits per heavy atom. The SMILES string of the molecule is CN(CC1(CN)CCCOC1)C1CCOC1. The van der Waals surface area contributed by atoms with Crippen molar-refractivity contribution in [3.05, 3.63) is 0 Å². The Balaban J connectivity index is 1.89. The molecule has 0 amide bonds. The summed E-state index contributed by atoms with van der Waals surface area (Å²) in [5.41, 5.74) is 6.12. The molecule has 2 fully saturated rings. The normalized spacial score (nSPS) is 35.8. The van der Waals surface area contributed by atoms with Crippen molar-refractivity contribution in [3.8, 4) is 0 Å². The molecule has 2 aliphatic rings. The van der Waals surface area contributed by atoms with E-state index in [-0.39, 0.29) is 5.41 Å². The minimum Gasteiger partial charge on any atom is -0.381 e. The fraction of sp³-hybridized carbons (Fsp3) is 1.00. The number of hydrogen-bond acceptors (Lipinski definition) is 4. The van der Waals surface area contributed by atoms with Gasteiger partial charge in [-0.25, -0.2) is 0 Å². The van der Waals surface area contributed by atoms with Gasteiger partial charge < -0.3 is 20.1 Å². The van der Waals surface area contributed by atoms with Gasteiger partial charge in [-0.15, -0.1) is 0 Å². The topological polar surface area (TPSA) is 47.7 Å². The third-order valence-electron chi connectivity index (χ3n) is 3.95. The number of rotatable bonds is 4. The van der Waals surface area contributed by atoms with Crippen LogP contribution in [-0.4, -0.2) is 57.5 Å². The summed E-state index contributed by atoms with van der Waals surface area (Å²) in [5, 5.41) is 0. The van der Waals surface area contributed by atoms with Gasteiger partial charge in [0.25, 0.3) is 0 Å². The van der Waals surface area contributed by atoms with Gasteiger partial charge in [0.1, 0.15) is 0 Å². The van der Waals surface area contributed by atoms with E-state index in [2.05, 4.69) is 11.9 Å². The van der Waals surface area contributed by atoms with Gasteiger partial charge in [0.15, 0.2) is 0 Å². The molecule has 0 aromatic rings. The second-order valence-electron chi connectivity index (χ2n) is 5.29. The van der Waals surface area contributed by atoms with E-state index < -0.39 is 0 Å². The fourth-order valence-electron chi connectivity index (χ4n) is 2.79. The quantitative estimate of drug-likeness (QED) is 0.759. The van der Waals surface area contributed by atoms with E-state index in [1.165, 1.54) is 6.42 Å². The molecule has 2 aliphatic heterocycles. The number of nitrogens with two attached hydrogens (primary N) is 1. The van der Waals surface area contributed by atoms with Gasteiger partial charge in [0.2, 0.25) is 0 Å². The van der Waals surface area contributed by atoms with Crippen molar-refractivity contribution in [2.45, 2.75) is 25.3 Å². The lowest BCUT2D eigenvalue weighted by molar-refractivity contribution is -0.0243. The molecule has 0 spiro atoms. The molecule has 2 saturated heterocycles. The molecular formula is C12H24N2O2.